The van der Waals surface area contributed by atoms with E-state index in [1.807, 2.05) is 0 Å². The van der Waals surface area contributed by atoms with Gasteiger partial charge in [0.2, 0.25) is 0 Å². The van der Waals surface area contributed by atoms with Crippen LogP contribution in [-0.2, 0) is 0 Å². The van der Waals surface area contributed by atoms with Crippen molar-refractivity contribution in [1.29, 1.82) is 0 Å². The van der Waals surface area contributed by atoms with Gasteiger partial charge in [-0.05, 0) is 0 Å². The molecule has 17 heavy (non-hydrogen) atoms. The summed E-state index contributed by atoms with van der Waals surface area (Å²) in [6.45, 7) is 3.58. The summed E-state index contributed by atoms with van der Waals surface area (Å²) in [5, 5.41) is 17.6. The molecule has 1 heterocycles. The fraction of sp³-hybridized carbons (Fsp3) is 0.300. The predicted molar refractivity (Wildman–Crippen MR) is 58.7 cm³/mol. The first-order valence-electron chi connectivity index (χ1n) is 4.89. The minimum Gasteiger partial charge on any atom is -0.477 e. The standard InChI is InChI=1S/C10H13N3O4/c1-2-3-13(4-5-14)9(15)7-8(10(16)17)12-6-11-7/h2,6,14H,1,3-5H2,(H,11,12)(H,16,17). The molecule has 0 atom stereocenters. The molecular weight excluding hydrogens is 226 g/mol. The monoisotopic (exact) mass is 239 g/mol. The molecule has 7 nitrogen and oxygen atoms in total. The zero-order valence-corrected chi connectivity index (χ0v) is 9.09. The second kappa shape index (κ2) is 5.80. The maximum atomic E-state index is 11.9. The fourth-order valence-electron chi connectivity index (χ4n) is 1.32. The number of aromatic carboxylic acids is 1. The molecule has 1 rings (SSSR count). The van der Waals surface area contributed by atoms with E-state index in [-0.39, 0.29) is 31.1 Å². The summed E-state index contributed by atoms with van der Waals surface area (Å²) in [4.78, 5) is 30.1. The third kappa shape index (κ3) is 2.91. The van der Waals surface area contributed by atoms with Gasteiger partial charge < -0.3 is 20.1 Å². The quantitative estimate of drug-likeness (QED) is 0.592. The number of rotatable bonds is 6. The topological polar surface area (TPSA) is 107 Å². The molecule has 0 saturated heterocycles. The Morgan fingerprint density at radius 1 is 1.59 bits per heavy atom. The van der Waals surface area contributed by atoms with E-state index in [1.165, 1.54) is 11.0 Å². The Labute approximate surface area is 97.4 Å². The van der Waals surface area contributed by atoms with E-state index in [1.54, 1.807) is 0 Å². The number of H-pyrrole nitrogens is 1. The molecule has 7 heteroatoms. The molecular formula is C10H13N3O4. The number of carboxylic acids is 1. The Kier molecular flexibility index (Phi) is 4.41. The van der Waals surface area contributed by atoms with Crippen LogP contribution in [0.25, 0.3) is 0 Å². The van der Waals surface area contributed by atoms with Gasteiger partial charge in [0.05, 0.1) is 12.9 Å². The van der Waals surface area contributed by atoms with E-state index in [0.717, 1.165) is 6.33 Å². The molecule has 0 aliphatic rings. The minimum absolute atomic E-state index is 0.0940. The normalized spacial score (nSPS) is 9.94. The molecule has 0 unspecified atom stereocenters. The van der Waals surface area contributed by atoms with Crippen LogP contribution in [0, 0.1) is 0 Å². The van der Waals surface area contributed by atoms with Gasteiger partial charge in [0.25, 0.3) is 5.91 Å². The van der Waals surface area contributed by atoms with Crippen molar-refractivity contribution in [3.63, 3.8) is 0 Å². The van der Waals surface area contributed by atoms with Gasteiger partial charge in [-0.3, -0.25) is 4.79 Å². The zero-order valence-electron chi connectivity index (χ0n) is 9.09. The second-order valence-corrected chi connectivity index (χ2v) is 3.19. The highest BCUT2D eigenvalue weighted by molar-refractivity contribution is 6.02. The number of nitrogens with zero attached hydrogens (tertiary/aromatic N) is 2. The summed E-state index contributed by atoms with van der Waals surface area (Å²) < 4.78 is 0. The molecule has 0 bridgehead atoms. The van der Waals surface area contributed by atoms with Gasteiger partial charge >= 0.3 is 5.97 Å². The van der Waals surface area contributed by atoms with Crippen LogP contribution in [0.5, 0.6) is 0 Å². The summed E-state index contributed by atoms with van der Waals surface area (Å²) in [6.07, 6.45) is 2.63. The van der Waals surface area contributed by atoms with Crippen LogP contribution >= 0.6 is 0 Å². The maximum absolute atomic E-state index is 11.9. The molecule has 0 aliphatic carbocycles. The van der Waals surface area contributed by atoms with E-state index in [9.17, 15) is 9.59 Å². The number of hydrogen-bond donors (Lipinski definition) is 3. The van der Waals surface area contributed by atoms with Crippen molar-refractivity contribution >= 4 is 11.9 Å². The Balaban J connectivity index is 2.96. The molecule has 0 aliphatic heterocycles. The number of carboxylic acid groups (broad SMARTS) is 1. The molecule has 1 amide bonds. The molecule has 0 aromatic carbocycles. The van der Waals surface area contributed by atoms with Gasteiger partial charge in [0.15, 0.2) is 11.4 Å². The number of amides is 1. The predicted octanol–water partition coefficient (Wildman–Crippen LogP) is -0.272. The third-order valence-corrected chi connectivity index (χ3v) is 2.06. The van der Waals surface area contributed by atoms with E-state index < -0.39 is 11.9 Å². The highest BCUT2D eigenvalue weighted by Gasteiger charge is 2.23. The van der Waals surface area contributed by atoms with E-state index in [4.69, 9.17) is 10.2 Å². The number of aliphatic hydroxyl groups is 1. The molecule has 0 spiro atoms. The first-order chi connectivity index (χ1) is 8.11. The molecule has 0 radical (unpaired) electrons. The van der Waals surface area contributed by atoms with Crippen LogP contribution in [0.2, 0.25) is 0 Å². The van der Waals surface area contributed by atoms with Crippen LogP contribution in [0.4, 0.5) is 0 Å². The van der Waals surface area contributed by atoms with E-state index >= 15 is 0 Å². The lowest BCUT2D eigenvalue weighted by Crippen LogP contribution is -2.34. The molecule has 0 saturated carbocycles. The number of hydrogen-bond acceptors (Lipinski definition) is 4. The number of nitrogens with one attached hydrogen (secondary N) is 1. The molecule has 3 N–H and O–H groups in total. The first kappa shape index (κ1) is 12.9. The summed E-state index contributed by atoms with van der Waals surface area (Å²) in [5.41, 5.74) is -0.435. The lowest BCUT2D eigenvalue weighted by Gasteiger charge is -2.18. The Bertz CT molecular complexity index is 427. The highest BCUT2D eigenvalue weighted by atomic mass is 16.4. The van der Waals surface area contributed by atoms with Gasteiger partial charge in [-0.15, -0.1) is 6.58 Å². The summed E-state index contributed by atoms with van der Waals surface area (Å²) in [5.74, 6) is -1.81. The van der Waals surface area contributed by atoms with Crippen molar-refractivity contribution in [2.45, 2.75) is 0 Å². The lowest BCUT2D eigenvalue weighted by atomic mass is 10.2. The molecule has 0 fully saturated rings. The van der Waals surface area contributed by atoms with E-state index in [0.29, 0.717) is 0 Å². The van der Waals surface area contributed by atoms with Crippen LogP contribution < -0.4 is 0 Å². The van der Waals surface area contributed by atoms with Crippen molar-refractivity contribution in [1.82, 2.24) is 14.9 Å². The van der Waals surface area contributed by atoms with E-state index in [2.05, 4.69) is 16.5 Å². The number of carbonyl (C=O) groups excluding carboxylic acids is 1. The van der Waals surface area contributed by atoms with Crippen molar-refractivity contribution in [2.24, 2.45) is 0 Å². The van der Waals surface area contributed by atoms with Gasteiger partial charge in [0.1, 0.15) is 0 Å². The van der Waals surface area contributed by atoms with Crippen LogP contribution in [0.15, 0.2) is 19.0 Å². The molecule has 1 aromatic rings. The minimum atomic E-state index is -1.26. The fourth-order valence-corrected chi connectivity index (χ4v) is 1.32. The smallest absolute Gasteiger partial charge is 0.354 e. The number of aliphatic hydroxyl groups excluding tert-OH is 1. The third-order valence-electron chi connectivity index (χ3n) is 2.06. The summed E-state index contributed by atoms with van der Waals surface area (Å²) in [7, 11) is 0. The van der Waals surface area contributed by atoms with Crippen LogP contribution in [0.3, 0.4) is 0 Å². The van der Waals surface area contributed by atoms with Crippen molar-refractivity contribution < 1.29 is 19.8 Å². The SMILES string of the molecule is C=CCN(CCO)C(=O)c1nc[nH]c1C(=O)O. The Morgan fingerprint density at radius 3 is 2.82 bits per heavy atom. The van der Waals surface area contributed by atoms with Crippen LogP contribution in [-0.4, -0.2) is 56.7 Å². The summed E-state index contributed by atoms with van der Waals surface area (Å²) in [6, 6.07) is 0. The largest absolute Gasteiger partial charge is 0.477 e. The molecule has 1 aromatic heterocycles. The average molecular weight is 239 g/mol. The maximum Gasteiger partial charge on any atom is 0.354 e. The molecule has 92 valence electrons. The zero-order chi connectivity index (χ0) is 12.8. The highest BCUT2D eigenvalue weighted by Crippen LogP contribution is 2.07. The number of aromatic amines is 1. The van der Waals surface area contributed by atoms with Crippen molar-refractivity contribution in [2.75, 3.05) is 19.7 Å². The van der Waals surface area contributed by atoms with Gasteiger partial charge in [0, 0.05) is 13.1 Å². The van der Waals surface area contributed by atoms with Crippen LogP contribution in [0.1, 0.15) is 21.0 Å². The van der Waals surface area contributed by atoms with Gasteiger partial charge in [-0.2, -0.15) is 0 Å². The lowest BCUT2D eigenvalue weighted by molar-refractivity contribution is 0.0666. The Morgan fingerprint density at radius 2 is 2.29 bits per heavy atom. The summed E-state index contributed by atoms with van der Waals surface area (Å²) >= 11 is 0. The number of carbonyl (C=O) groups is 2. The first-order valence-corrected chi connectivity index (χ1v) is 4.89. The van der Waals surface area contributed by atoms with Gasteiger partial charge in [-0.25, -0.2) is 9.78 Å². The average Bonchev–Trinajstić information content (AvgIpc) is 2.76. The Hall–Kier alpha value is -2.15. The number of imidazole rings is 1. The number of aromatic nitrogens is 2. The van der Waals surface area contributed by atoms with Gasteiger partial charge in [-0.1, -0.05) is 6.08 Å². The second-order valence-electron chi connectivity index (χ2n) is 3.19. The van der Waals surface area contributed by atoms with Crippen molar-refractivity contribution in [3.8, 4) is 0 Å². The van der Waals surface area contributed by atoms with Crippen molar-refractivity contribution in [3.05, 3.63) is 30.4 Å².